The molecule has 18 heavy (non-hydrogen) atoms. The molecule has 96 valence electrons. The van der Waals surface area contributed by atoms with Crippen LogP contribution in [0.2, 0.25) is 0 Å². The van der Waals surface area contributed by atoms with Crippen LogP contribution in [0, 0.1) is 0 Å². The van der Waals surface area contributed by atoms with Gasteiger partial charge < -0.3 is 9.26 Å². The number of hydrogen-bond acceptors (Lipinski definition) is 5. The Morgan fingerprint density at radius 1 is 1.44 bits per heavy atom. The number of ether oxygens (including phenoxy) is 1. The highest BCUT2D eigenvalue weighted by atomic mass is 16.5. The SMILES string of the molecule is CC(C)n1cc(-c2nc([C@@H]3CCOC3)no2)cn1. The summed E-state index contributed by atoms with van der Waals surface area (Å²) in [4.78, 5) is 4.42. The average molecular weight is 248 g/mol. The van der Waals surface area contributed by atoms with Gasteiger partial charge >= 0.3 is 0 Å². The lowest BCUT2D eigenvalue weighted by atomic mass is 10.1. The summed E-state index contributed by atoms with van der Waals surface area (Å²) in [6.45, 7) is 5.61. The van der Waals surface area contributed by atoms with Gasteiger partial charge in [0.15, 0.2) is 5.82 Å². The number of rotatable bonds is 3. The largest absolute Gasteiger partial charge is 0.381 e. The zero-order valence-electron chi connectivity index (χ0n) is 10.5. The zero-order chi connectivity index (χ0) is 12.5. The summed E-state index contributed by atoms with van der Waals surface area (Å²) >= 11 is 0. The molecular weight excluding hydrogens is 232 g/mol. The van der Waals surface area contributed by atoms with E-state index >= 15 is 0 Å². The molecule has 0 amide bonds. The van der Waals surface area contributed by atoms with Gasteiger partial charge in [0.1, 0.15) is 0 Å². The fourth-order valence-electron chi connectivity index (χ4n) is 1.99. The summed E-state index contributed by atoms with van der Waals surface area (Å²) in [5.41, 5.74) is 0.862. The molecule has 0 aliphatic carbocycles. The predicted octanol–water partition coefficient (Wildman–Crippen LogP) is 2.02. The molecule has 1 saturated heterocycles. The summed E-state index contributed by atoms with van der Waals surface area (Å²) in [6.07, 6.45) is 4.64. The van der Waals surface area contributed by atoms with Gasteiger partial charge in [0.2, 0.25) is 0 Å². The third-order valence-electron chi connectivity index (χ3n) is 3.11. The van der Waals surface area contributed by atoms with Crippen LogP contribution >= 0.6 is 0 Å². The average Bonchev–Trinajstić information content (AvgIpc) is 3.10. The Morgan fingerprint density at radius 2 is 2.33 bits per heavy atom. The molecule has 1 atom stereocenters. The van der Waals surface area contributed by atoms with Crippen molar-refractivity contribution in [3.05, 3.63) is 18.2 Å². The Hall–Kier alpha value is -1.69. The normalized spacial score (nSPS) is 19.8. The lowest BCUT2D eigenvalue weighted by Crippen LogP contribution is -2.00. The minimum atomic E-state index is 0.266. The molecule has 0 unspecified atom stereocenters. The Morgan fingerprint density at radius 3 is 3.00 bits per heavy atom. The highest BCUT2D eigenvalue weighted by Crippen LogP contribution is 2.25. The van der Waals surface area contributed by atoms with E-state index in [1.54, 1.807) is 6.20 Å². The molecule has 0 N–H and O–H groups in total. The molecule has 0 saturated carbocycles. The summed E-state index contributed by atoms with van der Waals surface area (Å²) in [5.74, 6) is 1.53. The lowest BCUT2D eigenvalue weighted by molar-refractivity contribution is 0.192. The molecular formula is C12H16N4O2. The summed E-state index contributed by atoms with van der Waals surface area (Å²) in [7, 11) is 0. The minimum Gasteiger partial charge on any atom is -0.381 e. The summed E-state index contributed by atoms with van der Waals surface area (Å²) in [6, 6.07) is 0.323. The van der Waals surface area contributed by atoms with Crippen LogP contribution in [0.15, 0.2) is 16.9 Å². The van der Waals surface area contributed by atoms with Crippen molar-refractivity contribution in [2.45, 2.75) is 32.2 Å². The van der Waals surface area contributed by atoms with Crippen molar-refractivity contribution in [2.75, 3.05) is 13.2 Å². The second kappa shape index (κ2) is 4.53. The van der Waals surface area contributed by atoms with Gasteiger partial charge in [-0.1, -0.05) is 5.16 Å². The first kappa shape index (κ1) is 11.4. The quantitative estimate of drug-likeness (QED) is 0.831. The van der Waals surface area contributed by atoms with Crippen molar-refractivity contribution >= 4 is 0 Å². The van der Waals surface area contributed by atoms with E-state index in [0.29, 0.717) is 18.5 Å². The number of nitrogens with zero attached hydrogens (tertiary/aromatic N) is 4. The molecule has 0 spiro atoms. The van der Waals surface area contributed by atoms with Crippen molar-refractivity contribution in [1.29, 1.82) is 0 Å². The van der Waals surface area contributed by atoms with Crippen molar-refractivity contribution in [2.24, 2.45) is 0 Å². The Kier molecular flexibility index (Phi) is 2.87. The van der Waals surface area contributed by atoms with E-state index in [1.165, 1.54) is 0 Å². The first-order valence-corrected chi connectivity index (χ1v) is 6.20. The van der Waals surface area contributed by atoms with E-state index in [2.05, 4.69) is 29.1 Å². The smallest absolute Gasteiger partial charge is 0.261 e. The van der Waals surface area contributed by atoms with Crippen molar-refractivity contribution in [1.82, 2.24) is 19.9 Å². The zero-order valence-corrected chi connectivity index (χ0v) is 10.5. The van der Waals surface area contributed by atoms with Crippen LogP contribution in [0.4, 0.5) is 0 Å². The number of aromatic nitrogens is 4. The van der Waals surface area contributed by atoms with Gasteiger partial charge in [0, 0.05) is 24.8 Å². The van der Waals surface area contributed by atoms with Crippen LogP contribution in [0.25, 0.3) is 11.5 Å². The van der Waals surface area contributed by atoms with Gasteiger partial charge in [-0.2, -0.15) is 10.1 Å². The Balaban J connectivity index is 1.83. The van der Waals surface area contributed by atoms with Crippen molar-refractivity contribution in [3.8, 4) is 11.5 Å². The second-order valence-corrected chi connectivity index (χ2v) is 4.82. The third kappa shape index (κ3) is 2.03. The first-order chi connectivity index (χ1) is 8.74. The van der Waals surface area contributed by atoms with Gasteiger partial charge in [-0.25, -0.2) is 0 Å². The number of hydrogen-bond donors (Lipinski definition) is 0. The van der Waals surface area contributed by atoms with Gasteiger partial charge in [-0.3, -0.25) is 4.68 Å². The van der Waals surface area contributed by atoms with Crippen LogP contribution in [0.1, 0.15) is 38.1 Å². The van der Waals surface area contributed by atoms with Crippen LogP contribution in [0.5, 0.6) is 0 Å². The molecule has 1 fully saturated rings. The lowest BCUT2D eigenvalue weighted by Gasteiger charge is -2.02. The molecule has 2 aromatic rings. The molecule has 3 heterocycles. The summed E-state index contributed by atoms with van der Waals surface area (Å²) in [5, 5.41) is 8.29. The van der Waals surface area contributed by atoms with E-state index in [9.17, 15) is 0 Å². The molecule has 0 radical (unpaired) electrons. The van der Waals surface area contributed by atoms with Crippen molar-refractivity contribution < 1.29 is 9.26 Å². The maximum atomic E-state index is 5.32. The Bertz CT molecular complexity index is 526. The molecule has 6 heteroatoms. The fraction of sp³-hybridized carbons (Fsp3) is 0.583. The first-order valence-electron chi connectivity index (χ1n) is 6.20. The maximum absolute atomic E-state index is 5.32. The fourth-order valence-corrected chi connectivity index (χ4v) is 1.99. The Labute approximate surface area is 105 Å². The van der Waals surface area contributed by atoms with Crippen LogP contribution < -0.4 is 0 Å². The summed E-state index contributed by atoms with van der Waals surface area (Å²) < 4.78 is 12.5. The van der Waals surface area contributed by atoms with E-state index in [4.69, 9.17) is 9.26 Å². The van der Waals surface area contributed by atoms with Crippen LogP contribution in [-0.2, 0) is 4.74 Å². The monoisotopic (exact) mass is 248 g/mol. The maximum Gasteiger partial charge on any atom is 0.261 e. The highest BCUT2D eigenvalue weighted by Gasteiger charge is 2.23. The second-order valence-electron chi connectivity index (χ2n) is 4.82. The van der Waals surface area contributed by atoms with Gasteiger partial charge in [0.05, 0.1) is 18.4 Å². The van der Waals surface area contributed by atoms with Crippen molar-refractivity contribution in [3.63, 3.8) is 0 Å². The standard InChI is InChI=1S/C12H16N4O2/c1-8(2)16-6-10(5-13-16)12-14-11(15-18-12)9-3-4-17-7-9/h5-6,8-9H,3-4,7H2,1-2H3/t9-/m1/s1. The van der Waals surface area contributed by atoms with Gasteiger partial charge in [-0.05, 0) is 20.3 Å². The highest BCUT2D eigenvalue weighted by molar-refractivity contribution is 5.49. The molecule has 0 aromatic carbocycles. The van der Waals surface area contributed by atoms with Gasteiger partial charge in [0.25, 0.3) is 5.89 Å². The minimum absolute atomic E-state index is 0.266. The van der Waals surface area contributed by atoms with Crippen LogP contribution in [-0.4, -0.2) is 33.1 Å². The van der Waals surface area contributed by atoms with E-state index in [-0.39, 0.29) is 5.92 Å². The molecule has 1 aliphatic rings. The van der Waals surface area contributed by atoms with E-state index < -0.39 is 0 Å². The molecule has 3 rings (SSSR count). The molecule has 2 aromatic heterocycles. The molecule has 1 aliphatic heterocycles. The molecule has 0 bridgehead atoms. The van der Waals surface area contributed by atoms with Crippen LogP contribution in [0.3, 0.4) is 0 Å². The topological polar surface area (TPSA) is 66.0 Å². The van der Waals surface area contributed by atoms with E-state index in [1.807, 2.05) is 10.9 Å². The van der Waals surface area contributed by atoms with Gasteiger partial charge in [-0.15, -0.1) is 0 Å². The molecule has 6 nitrogen and oxygen atoms in total. The third-order valence-corrected chi connectivity index (χ3v) is 3.11. The predicted molar refractivity (Wildman–Crippen MR) is 64.1 cm³/mol. The van der Waals surface area contributed by atoms with E-state index in [0.717, 1.165) is 24.4 Å².